The summed E-state index contributed by atoms with van der Waals surface area (Å²) in [5.41, 5.74) is 9.15. The summed E-state index contributed by atoms with van der Waals surface area (Å²) in [6.45, 7) is 0.477. The monoisotopic (exact) mass is 253 g/mol. The van der Waals surface area contributed by atoms with Gasteiger partial charge in [0.05, 0.1) is 30.0 Å². The van der Waals surface area contributed by atoms with Gasteiger partial charge in [-0.05, 0) is 29.8 Å². The molecular weight excluding hydrogens is 238 g/mol. The largest absolute Gasteiger partial charge is 0.399 e. The van der Waals surface area contributed by atoms with Crippen molar-refractivity contribution in [2.45, 2.75) is 12.6 Å². The van der Waals surface area contributed by atoms with Crippen LogP contribution in [0.1, 0.15) is 11.7 Å². The normalized spacial score (nSPS) is 12.7. The summed E-state index contributed by atoms with van der Waals surface area (Å²) in [6.07, 6.45) is 1.18. The van der Waals surface area contributed by atoms with E-state index in [1.165, 1.54) is 0 Å². The van der Waals surface area contributed by atoms with E-state index in [0.717, 1.165) is 16.6 Å². The van der Waals surface area contributed by atoms with E-state index in [1.807, 2.05) is 41.0 Å². The standard InChI is InChI=1S/C15H15N3O/c16-12-7-5-11(6-8-12)15(19)9-18-10-17-13-3-1-2-4-14(13)18/h1-8,10,15,19H,9,16H2. The first-order valence-corrected chi connectivity index (χ1v) is 6.17. The van der Waals surface area contributed by atoms with E-state index < -0.39 is 6.10 Å². The predicted octanol–water partition coefficient (Wildman–Crippen LogP) is 2.35. The molecule has 3 rings (SSSR count). The number of hydrogen-bond donors (Lipinski definition) is 2. The molecule has 19 heavy (non-hydrogen) atoms. The average Bonchev–Trinajstić information content (AvgIpc) is 2.83. The number of aliphatic hydroxyl groups excluding tert-OH is 1. The Morgan fingerprint density at radius 2 is 1.84 bits per heavy atom. The van der Waals surface area contributed by atoms with Crippen LogP contribution in [0.5, 0.6) is 0 Å². The molecule has 1 aromatic heterocycles. The number of aliphatic hydroxyl groups is 1. The molecule has 1 atom stereocenters. The lowest BCUT2D eigenvalue weighted by molar-refractivity contribution is 0.158. The van der Waals surface area contributed by atoms with Crippen molar-refractivity contribution in [3.05, 3.63) is 60.4 Å². The molecule has 0 aliphatic heterocycles. The third-order valence-corrected chi connectivity index (χ3v) is 3.22. The number of imidazole rings is 1. The zero-order chi connectivity index (χ0) is 13.2. The van der Waals surface area contributed by atoms with Crippen LogP contribution in [0.15, 0.2) is 54.9 Å². The molecule has 0 saturated heterocycles. The summed E-state index contributed by atoms with van der Waals surface area (Å²) < 4.78 is 1.95. The van der Waals surface area contributed by atoms with Crippen LogP contribution in [0.2, 0.25) is 0 Å². The number of anilines is 1. The second-order valence-electron chi connectivity index (χ2n) is 4.57. The Morgan fingerprint density at radius 3 is 2.63 bits per heavy atom. The molecule has 0 fully saturated rings. The van der Waals surface area contributed by atoms with E-state index >= 15 is 0 Å². The van der Waals surface area contributed by atoms with Crippen molar-refractivity contribution in [2.75, 3.05) is 5.73 Å². The molecule has 4 heteroatoms. The van der Waals surface area contributed by atoms with E-state index in [0.29, 0.717) is 12.2 Å². The van der Waals surface area contributed by atoms with Gasteiger partial charge in [0.1, 0.15) is 0 Å². The maximum absolute atomic E-state index is 10.3. The highest BCUT2D eigenvalue weighted by atomic mass is 16.3. The van der Waals surface area contributed by atoms with Gasteiger partial charge in [-0.3, -0.25) is 0 Å². The van der Waals surface area contributed by atoms with E-state index in [2.05, 4.69) is 4.98 Å². The topological polar surface area (TPSA) is 64.1 Å². The second-order valence-corrected chi connectivity index (χ2v) is 4.57. The van der Waals surface area contributed by atoms with Gasteiger partial charge in [0.25, 0.3) is 0 Å². The lowest BCUT2D eigenvalue weighted by Crippen LogP contribution is -2.07. The summed E-state index contributed by atoms with van der Waals surface area (Å²) in [6, 6.07) is 15.2. The Hall–Kier alpha value is -2.33. The van der Waals surface area contributed by atoms with Gasteiger partial charge >= 0.3 is 0 Å². The van der Waals surface area contributed by atoms with Crippen LogP contribution in [0.25, 0.3) is 11.0 Å². The van der Waals surface area contributed by atoms with Crippen LogP contribution in [-0.4, -0.2) is 14.7 Å². The van der Waals surface area contributed by atoms with Gasteiger partial charge in [0.15, 0.2) is 0 Å². The minimum Gasteiger partial charge on any atom is -0.399 e. The van der Waals surface area contributed by atoms with Crippen LogP contribution in [0, 0.1) is 0 Å². The zero-order valence-corrected chi connectivity index (χ0v) is 10.4. The number of nitrogen functional groups attached to an aromatic ring is 1. The Balaban J connectivity index is 1.86. The third kappa shape index (κ3) is 2.30. The Labute approximate surface area is 111 Å². The Morgan fingerprint density at radius 1 is 1.11 bits per heavy atom. The number of nitrogens with zero attached hydrogens (tertiary/aromatic N) is 2. The van der Waals surface area contributed by atoms with Crippen LogP contribution in [0.4, 0.5) is 5.69 Å². The lowest BCUT2D eigenvalue weighted by atomic mass is 10.1. The lowest BCUT2D eigenvalue weighted by Gasteiger charge is -2.12. The Bertz CT molecular complexity index is 688. The van der Waals surface area contributed by atoms with Gasteiger partial charge in [0, 0.05) is 5.69 Å². The van der Waals surface area contributed by atoms with Crippen molar-refractivity contribution < 1.29 is 5.11 Å². The second kappa shape index (κ2) is 4.74. The van der Waals surface area contributed by atoms with Crippen LogP contribution >= 0.6 is 0 Å². The number of benzene rings is 2. The first-order valence-electron chi connectivity index (χ1n) is 6.17. The molecule has 0 aliphatic carbocycles. The number of fused-ring (bicyclic) bond motifs is 1. The highest BCUT2D eigenvalue weighted by Crippen LogP contribution is 2.19. The molecule has 96 valence electrons. The van der Waals surface area contributed by atoms with Gasteiger partial charge < -0.3 is 15.4 Å². The van der Waals surface area contributed by atoms with E-state index in [9.17, 15) is 5.11 Å². The van der Waals surface area contributed by atoms with Gasteiger partial charge in [0.2, 0.25) is 0 Å². The molecule has 3 aromatic rings. The molecule has 2 aromatic carbocycles. The summed E-state index contributed by atoms with van der Waals surface area (Å²) in [5, 5.41) is 10.3. The number of aromatic nitrogens is 2. The first kappa shape index (κ1) is 11.7. The van der Waals surface area contributed by atoms with Gasteiger partial charge in [-0.1, -0.05) is 24.3 Å². The van der Waals surface area contributed by atoms with Crippen molar-refractivity contribution in [3.8, 4) is 0 Å². The molecule has 1 unspecified atom stereocenters. The maximum Gasteiger partial charge on any atom is 0.0969 e. The van der Waals surface area contributed by atoms with Crippen molar-refractivity contribution in [2.24, 2.45) is 0 Å². The highest BCUT2D eigenvalue weighted by Gasteiger charge is 2.10. The fourth-order valence-corrected chi connectivity index (χ4v) is 2.17. The van der Waals surface area contributed by atoms with Gasteiger partial charge in [-0.25, -0.2) is 4.98 Å². The first-order chi connectivity index (χ1) is 9.24. The fraction of sp³-hybridized carbons (Fsp3) is 0.133. The highest BCUT2D eigenvalue weighted by molar-refractivity contribution is 5.74. The molecule has 0 bridgehead atoms. The molecule has 3 N–H and O–H groups in total. The van der Waals surface area contributed by atoms with Crippen molar-refractivity contribution >= 4 is 16.7 Å². The molecule has 1 heterocycles. The van der Waals surface area contributed by atoms with E-state index in [1.54, 1.807) is 18.5 Å². The van der Waals surface area contributed by atoms with Gasteiger partial charge in [-0.15, -0.1) is 0 Å². The van der Waals surface area contributed by atoms with Crippen LogP contribution < -0.4 is 5.73 Å². The van der Waals surface area contributed by atoms with Crippen molar-refractivity contribution in [3.63, 3.8) is 0 Å². The van der Waals surface area contributed by atoms with E-state index in [4.69, 9.17) is 5.73 Å². The molecule has 0 saturated carbocycles. The summed E-state index contributed by atoms with van der Waals surface area (Å²) >= 11 is 0. The smallest absolute Gasteiger partial charge is 0.0969 e. The third-order valence-electron chi connectivity index (χ3n) is 3.22. The summed E-state index contributed by atoms with van der Waals surface area (Å²) in [5.74, 6) is 0. The number of hydrogen-bond acceptors (Lipinski definition) is 3. The number of para-hydroxylation sites is 2. The van der Waals surface area contributed by atoms with Crippen molar-refractivity contribution in [1.29, 1.82) is 0 Å². The quantitative estimate of drug-likeness (QED) is 0.704. The van der Waals surface area contributed by atoms with E-state index in [-0.39, 0.29) is 0 Å². The van der Waals surface area contributed by atoms with Gasteiger partial charge in [-0.2, -0.15) is 0 Å². The molecule has 0 radical (unpaired) electrons. The van der Waals surface area contributed by atoms with Crippen LogP contribution in [0.3, 0.4) is 0 Å². The molecule has 0 amide bonds. The van der Waals surface area contributed by atoms with Crippen LogP contribution in [-0.2, 0) is 6.54 Å². The maximum atomic E-state index is 10.3. The fourth-order valence-electron chi connectivity index (χ4n) is 2.17. The molecular formula is C15H15N3O. The summed E-state index contributed by atoms with van der Waals surface area (Å²) in [7, 11) is 0. The SMILES string of the molecule is Nc1ccc(C(O)Cn2cnc3ccccc32)cc1. The number of nitrogens with two attached hydrogens (primary N) is 1. The molecule has 4 nitrogen and oxygen atoms in total. The minimum atomic E-state index is -0.571. The number of rotatable bonds is 3. The molecule has 0 spiro atoms. The minimum absolute atomic E-state index is 0.477. The summed E-state index contributed by atoms with van der Waals surface area (Å²) in [4.78, 5) is 4.31. The Kier molecular flexibility index (Phi) is 2.93. The predicted molar refractivity (Wildman–Crippen MR) is 75.5 cm³/mol. The van der Waals surface area contributed by atoms with Crippen molar-refractivity contribution in [1.82, 2.24) is 9.55 Å². The molecule has 0 aliphatic rings. The zero-order valence-electron chi connectivity index (χ0n) is 10.4. The average molecular weight is 253 g/mol.